The van der Waals surface area contributed by atoms with E-state index in [2.05, 4.69) is 58.9 Å². The lowest BCUT2D eigenvalue weighted by molar-refractivity contribution is -0.0430. The van der Waals surface area contributed by atoms with Crippen LogP contribution in [0, 0.1) is 6.92 Å². The summed E-state index contributed by atoms with van der Waals surface area (Å²) in [5, 5.41) is 2.09. The van der Waals surface area contributed by atoms with Crippen LogP contribution in [0.1, 0.15) is 28.0 Å². The minimum Gasteiger partial charge on any atom is -0.345 e. The van der Waals surface area contributed by atoms with Crippen molar-refractivity contribution in [3.8, 4) is 0 Å². The first-order valence-corrected chi connectivity index (χ1v) is 10.2. The topological polar surface area (TPSA) is 31.4 Å². The van der Waals surface area contributed by atoms with Crippen molar-refractivity contribution in [2.75, 3.05) is 13.2 Å². The standard InChI is InChI=1S/C21H19NO2S2/c1-15-14-17(8-10-22-15)3-2-16-4-6-18(7-5-16)26-19-9-13-25-20(19)21-23-11-12-24-21/h2-10,13-14,21H,11-12H2,1H3/b3-2+. The van der Waals surface area contributed by atoms with E-state index in [0.29, 0.717) is 13.2 Å². The Morgan fingerprint density at radius 3 is 2.58 bits per heavy atom. The van der Waals surface area contributed by atoms with E-state index >= 15 is 0 Å². The zero-order valence-corrected chi connectivity index (χ0v) is 16.1. The van der Waals surface area contributed by atoms with Crippen LogP contribution in [0.5, 0.6) is 0 Å². The van der Waals surface area contributed by atoms with E-state index in [1.54, 1.807) is 23.1 Å². The molecule has 5 heteroatoms. The minimum absolute atomic E-state index is 0.205. The van der Waals surface area contributed by atoms with E-state index < -0.39 is 0 Å². The maximum atomic E-state index is 5.64. The van der Waals surface area contributed by atoms with Crippen molar-refractivity contribution >= 4 is 35.3 Å². The van der Waals surface area contributed by atoms with Gasteiger partial charge in [0.05, 0.1) is 18.1 Å². The summed E-state index contributed by atoms with van der Waals surface area (Å²) in [6, 6.07) is 14.8. The predicted octanol–water partition coefficient (Wildman–Crippen LogP) is 5.82. The Bertz CT molecular complexity index is 896. The van der Waals surface area contributed by atoms with Crippen LogP contribution in [0.3, 0.4) is 0 Å². The fraction of sp³-hybridized carbons (Fsp3) is 0.190. The maximum Gasteiger partial charge on any atom is 0.194 e. The molecule has 0 aliphatic carbocycles. The van der Waals surface area contributed by atoms with Gasteiger partial charge in [0.1, 0.15) is 0 Å². The summed E-state index contributed by atoms with van der Waals surface area (Å²) in [6.07, 6.45) is 5.87. The second-order valence-corrected chi connectivity index (χ2v) is 8.02. The van der Waals surface area contributed by atoms with Gasteiger partial charge < -0.3 is 9.47 Å². The van der Waals surface area contributed by atoms with E-state index in [1.807, 2.05) is 19.2 Å². The molecule has 1 saturated heterocycles. The summed E-state index contributed by atoms with van der Waals surface area (Å²) < 4.78 is 11.3. The molecule has 1 aliphatic rings. The summed E-state index contributed by atoms with van der Waals surface area (Å²) in [6.45, 7) is 3.35. The van der Waals surface area contributed by atoms with Crippen molar-refractivity contribution in [2.45, 2.75) is 23.0 Å². The Kier molecular flexibility index (Phi) is 5.51. The molecule has 0 radical (unpaired) electrons. The van der Waals surface area contributed by atoms with Gasteiger partial charge in [-0.15, -0.1) is 11.3 Å². The normalized spacial score (nSPS) is 15.1. The second-order valence-electron chi connectivity index (χ2n) is 5.96. The molecule has 0 unspecified atom stereocenters. The molecule has 26 heavy (non-hydrogen) atoms. The number of hydrogen-bond acceptors (Lipinski definition) is 5. The third kappa shape index (κ3) is 4.24. The monoisotopic (exact) mass is 381 g/mol. The second kappa shape index (κ2) is 8.18. The highest BCUT2D eigenvalue weighted by atomic mass is 32.2. The first-order valence-electron chi connectivity index (χ1n) is 8.47. The van der Waals surface area contributed by atoms with Crippen molar-refractivity contribution in [3.63, 3.8) is 0 Å². The number of benzene rings is 1. The molecule has 3 nitrogen and oxygen atoms in total. The third-order valence-corrected chi connectivity index (χ3v) is 6.14. The lowest BCUT2D eigenvalue weighted by Gasteiger charge is -2.09. The highest BCUT2D eigenvalue weighted by Crippen LogP contribution is 2.39. The number of ether oxygens (including phenoxy) is 2. The largest absolute Gasteiger partial charge is 0.345 e. The van der Waals surface area contributed by atoms with Crippen LogP contribution in [0.15, 0.2) is 63.8 Å². The Labute approximate surface area is 161 Å². The van der Waals surface area contributed by atoms with E-state index in [9.17, 15) is 0 Å². The average Bonchev–Trinajstić information content (AvgIpc) is 3.32. The molecule has 1 aliphatic heterocycles. The van der Waals surface area contributed by atoms with Gasteiger partial charge in [-0.3, -0.25) is 4.98 Å². The van der Waals surface area contributed by atoms with E-state index in [0.717, 1.165) is 16.1 Å². The van der Waals surface area contributed by atoms with Crippen molar-refractivity contribution in [1.82, 2.24) is 4.98 Å². The molecule has 0 saturated carbocycles. The lowest BCUT2D eigenvalue weighted by atomic mass is 10.1. The summed E-state index contributed by atoms with van der Waals surface area (Å²) in [4.78, 5) is 7.79. The van der Waals surface area contributed by atoms with Crippen LogP contribution in [0.25, 0.3) is 12.2 Å². The molecule has 1 fully saturated rings. The fourth-order valence-electron chi connectivity index (χ4n) is 2.71. The molecule has 0 bridgehead atoms. The molecule has 2 aromatic heterocycles. The highest BCUT2D eigenvalue weighted by molar-refractivity contribution is 7.99. The van der Waals surface area contributed by atoms with Crippen molar-refractivity contribution in [3.05, 3.63) is 75.7 Å². The number of hydrogen-bond donors (Lipinski definition) is 0. The van der Waals surface area contributed by atoms with Crippen LogP contribution >= 0.6 is 23.1 Å². The highest BCUT2D eigenvalue weighted by Gasteiger charge is 2.23. The number of thiophene rings is 1. The molecular weight excluding hydrogens is 362 g/mol. The summed E-state index contributed by atoms with van der Waals surface area (Å²) >= 11 is 3.44. The molecule has 0 spiro atoms. The summed E-state index contributed by atoms with van der Waals surface area (Å²) in [5.74, 6) is 0. The Morgan fingerprint density at radius 2 is 1.81 bits per heavy atom. The van der Waals surface area contributed by atoms with Gasteiger partial charge in [-0.05, 0) is 53.8 Å². The van der Waals surface area contributed by atoms with Crippen molar-refractivity contribution in [2.24, 2.45) is 0 Å². The fourth-order valence-corrected chi connectivity index (χ4v) is 4.71. The third-order valence-electron chi connectivity index (χ3n) is 3.99. The number of rotatable bonds is 5. The maximum absolute atomic E-state index is 5.64. The minimum atomic E-state index is -0.205. The van der Waals surface area contributed by atoms with Gasteiger partial charge in [-0.1, -0.05) is 36.0 Å². The van der Waals surface area contributed by atoms with Crippen molar-refractivity contribution in [1.29, 1.82) is 0 Å². The molecule has 0 amide bonds. The Balaban J connectivity index is 1.44. The van der Waals surface area contributed by atoms with Gasteiger partial charge >= 0.3 is 0 Å². The van der Waals surface area contributed by atoms with Crippen LogP contribution < -0.4 is 0 Å². The van der Waals surface area contributed by atoms with Gasteiger partial charge in [-0.25, -0.2) is 0 Å². The van der Waals surface area contributed by atoms with Crippen LogP contribution in [0.4, 0.5) is 0 Å². The van der Waals surface area contributed by atoms with Gasteiger partial charge in [0.15, 0.2) is 6.29 Å². The molecule has 3 aromatic rings. The molecule has 0 atom stereocenters. The van der Waals surface area contributed by atoms with Crippen LogP contribution in [-0.2, 0) is 9.47 Å². The molecular formula is C21H19NO2S2. The smallest absolute Gasteiger partial charge is 0.194 e. The molecule has 132 valence electrons. The van der Waals surface area contributed by atoms with E-state index in [-0.39, 0.29) is 6.29 Å². The van der Waals surface area contributed by atoms with Crippen LogP contribution in [-0.4, -0.2) is 18.2 Å². The van der Waals surface area contributed by atoms with Gasteiger partial charge in [0, 0.05) is 21.7 Å². The number of aromatic nitrogens is 1. The van der Waals surface area contributed by atoms with E-state index in [4.69, 9.17) is 9.47 Å². The summed E-state index contributed by atoms with van der Waals surface area (Å²) in [5.41, 5.74) is 3.37. The zero-order chi connectivity index (χ0) is 17.8. The van der Waals surface area contributed by atoms with E-state index in [1.165, 1.54) is 15.4 Å². The number of nitrogens with zero attached hydrogens (tertiary/aromatic N) is 1. The predicted molar refractivity (Wildman–Crippen MR) is 107 cm³/mol. The lowest BCUT2D eigenvalue weighted by Crippen LogP contribution is -1.95. The average molecular weight is 382 g/mol. The summed E-state index contributed by atoms with van der Waals surface area (Å²) in [7, 11) is 0. The zero-order valence-electron chi connectivity index (χ0n) is 14.4. The SMILES string of the molecule is Cc1cc(/C=C/c2ccc(Sc3ccsc3C3OCCO3)cc2)ccn1. The first kappa shape index (κ1) is 17.5. The number of aryl methyl sites for hydroxylation is 1. The van der Waals surface area contributed by atoms with Crippen molar-refractivity contribution < 1.29 is 9.47 Å². The molecule has 4 rings (SSSR count). The quantitative estimate of drug-likeness (QED) is 0.557. The van der Waals surface area contributed by atoms with Gasteiger partial charge in [0.25, 0.3) is 0 Å². The molecule has 3 heterocycles. The van der Waals surface area contributed by atoms with Gasteiger partial charge in [0.2, 0.25) is 0 Å². The Morgan fingerprint density at radius 1 is 1.04 bits per heavy atom. The Hall–Kier alpha value is -1.92. The van der Waals surface area contributed by atoms with Crippen LogP contribution in [0.2, 0.25) is 0 Å². The van der Waals surface area contributed by atoms with Gasteiger partial charge in [-0.2, -0.15) is 0 Å². The first-order chi connectivity index (χ1) is 12.8. The molecule has 1 aromatic carbocycles. The molecule has 0 N–H and O–H groups in total. The number of pyridine rings is 1.